The molecule has 1 aromatic heterocycles. The Bertz CT molecular complexity index is 729. The molecule has 0 aliphatic carbocycles. The Kier molecular flexibility index (Phi) is 6.43. The quantitative estimate of drug-likeness (QED) is 0.698. The molecule has 0 radical (unpaired) electrons. The van der Waals surface area contributed by atoms with Crippen LogP contribution in [0, 0.1) is 11.3 Å². The molecule has 0 atom stereocenters. The number of hydrogen-bond acceptors (Lipinski definition) is 3. The Morgan fingerprint density at radius 2 is 2.04 bits per heavy atom. The summed E-state index contributed by atoms with van der Waals surface area (Å²) >= 11 is 0. The van der Waals surface area contributed by atoms with E-state index in [1.54, 1.807) is 29.0 Å². The van der Waals surface area contributed by atoms with Gasteiger partial charge in [-0.15, -0.1) is 0 Å². The van der Waals surface area contributed by atoms with Gasteiger partial charge in [-0.25, -0.2) is 0 Å². The lowest BCUT2D eigenvalue weighted by molar-refractivity contribution is 0.299. The zero-order valence-electron chi connectivity index (χ0n) is 13.5. The molecule has 1 heterocycles. The highest BCUT2D eigenvalue weighted by molar-refractivity contribution is 5.33. The first-order chi connectivity index (χ1) is 11.2. The molecule has 23 heavy (non-hydrogen) atoms. The summed E-state index contributed by atoms with van der Waals surface area (Å²) in [6.45, 7) is 3.17. The fourth-order valence-corrected chi connectivity index (χ4v) is 2.40. The molecular formula is C19H22N2O2. The molecular weight excluding hydrogens is 288 g/mol. The number of rotatable bonds is 8. The molecule has 0 fully saturated rings. The second kappa shape index (κ2) is 8.79. The minimum Gasteiger partial charge on any atom is -0.488 e. The van der Waals surface area contributed by atoms with E-state index < -0.39 is 0 Å². The van der Waals surface area contributed by atoms with E-state index in [9.17, 15) is 4.79 Å². The monoisotopic (exact) mass is 310 g/mol. The van der Waals surface area contributed by atoms with Crippen LogP contribution in [0.15, 0.2) is 47.4 Å². The fraction of sp³-hybridized carbons (Fsp3) is 0.368. The Morgan fingerprint density at radius 1 is 1.17 bits per heavy atom. The predicted octanol–water partition coefficient (Wildman–Crippen LogP) is 3.73. The first-order valence-electron chi connectivity index (χ1n) is 8.06. The van der Waals surface area contributed by atoms with Crippen LogP contribution in [0.3, 0.4) is 0 Å². The number of aromatic nitrogens is 1. The highest BCUT2D eigenvalue weighted by Gasteiger charge is 2.05. The third-order valence-corrected chi connectivity index (χ3v) is 3.65. The van der Waals surface area contributed by atoms with Crippen LogP contribution in [0.1, 0.15) is 43.7 Å². The maximum Gasteiger partial charge on any atom is 0.293 e. The Labute approximate surface area is 137 Å². The number of pyridine rings is 1. The standard InChI is InChI=1S/C19H22N2O2/c1-2-3-4-5-12-23-18-10-7-11-21(19(18)22)15-17-9-6-8-16(13-17)14-20/h6-11,13H,2-5,12,15H2,1H3. The number of nitriles is 1. The number of hydrogen-bond donors (Lipinski definition) is 0. The molecule has 0 saturated heterocycles. The minimum atomic E-state index is -0.134. The number of ether oxygens (including phenoxy) is 1. The van der Waals surface area contributed by atoms with Crippen molar-refractivity contribution in [2.45, 2.75) is 39.2 Å². The summed E-state index contributed by atoms with van der Waals surface area (Å²) in [5.74, 6) is 0.389. The summed E-state index contributed by atoms with van der Waals surface area (Å²) in [4.78, 5) is 12.4. The van der Waals surface area contributed by atoms with Gasteiger partial charge in [0.1, 0.15) is 0 Å². The van der Waals surface area contributed by atoms with Gasteiger partial charge in [-0.05, 0) is 36.2 Å². The van der Waals surface area contributed by atoms with E-state index in [2.05, 4.69) is 13.0 Å². The Balaban J connectivity index is 2.04. The van der Waals surface area contributed by atoms with Crippen LogP contribution in [0.4, 0.5) is 0 Å². The molecule has 0 aliphatic heterocycles. The summed E-state index contributed by atoms with van der Waals surface area (Å²) in [5, 5.41) is 8.95. The van der Waals surface area contributed by atoms with Crippen LogP contribution >= 0.6 is 0 Å². The van der Waals surface area contributed by atoms with Crippen LogP contribution in [-0.2, 0) is 6.54 Å². The zero-order chi connectivity index (χ0) is 16.5. The van der Waals surface area contributed by atoms with E-state index in [4.69, 9.17) is 10.00 Å². The average molecular weight is 310 g/mol. The van der Waals surface area contributed by atoms with Gasteiger partial charge in [0.2, 0.25) is 0 Å². The van der Waals surface area contributed by atoms with Gasteiger partial charge in [-0.2, -0.15) is 5.26 Å². The second-order valence-electron chi connectivity index (χ2n) is 5.53. The molecule has 0 unspecified atom stereocenters. The molecule has 0 bridgehead atoms. The molecule has 1 aromatic carbocycles. The van der Waals surface area contributed by atoms with Gasteiger partial charge in [-0.1, -0.05) is 38.3 Å². The van der Waals surface area contributed by atoms with Crippen LogP contribution in [-0.4, -0.2) is 11.2 Å². The molecule has 0 N–H and O–H groups in total. The molecule has 120 valence electrons. The topological polar surface area (TPSA) is 55.0 Å². The van der Waals surface area contributed by atoms with E-state index in [-0.39, 0.29) is 5.56 Å². The van der Waals surface area contributed by atoms with Gasteiger partial charge in [0.15, 0.2) is 5.75 Å². The summed E-state index contributed by atoms with van der Waals surface area (Å²) in [7, 11) is 0. The molecule has 4 nitrogen and oxygen atoms in total. The van der Waals surface area contributed by atoms with Gasteiger partial charge in [-0.3, -0.25) is 4.79 Å². The van der Waals surface area contributed by atoms with E-state index in [0.717, 1.165) is 18.4 Å². The van der Waals surface area contributed by atoms with Crippen LogP contribution in [0.2, 0.25) is 0 Å². The van der Waals surface area contributed by atoms with Crippen LogP contribution < -0.4 is 10.3 Å². The third-order valence-electron chi connectivity index (χ3n) is 3.65. The summed E-state index contributed by atoms with van der Waals surface area (Å²) in [6.07, 6.45) is 6.20. The normalized spacial score (nSPS) is 10.3. The van der Waals surface area contributed by atoms with Crippen LogP contribution in [0.25, 0.3) is 0 Å². The number of benzene rings is 1. The van der Waals surface area contributed by atoms with Gasteiger partial charge < -0.3 is 9.30 Å². The maximum atomic E-state index is 12.4. The minimum absolute atomic E-state index is 0.134. The SMILES string of the molecule is CCCCCCOc1cccn(Cc2cccc(C#N)c2)c1=O. The van der Waals surface area contributed by atoms with Crippen molar-refractivity contribution in [1.82, 2.24) is 4.57 Å². The zero-order valence-corrected chi connectivity index (χ0v) is 13.5. The lowest BCUT2D eigenvalue weighted by Crippen LogP contribution is -2.22. The summed E-state index contributed by atoms with van der Waals surface area (Å²) < 4.78 is 7.23. The van der Waals surface area contributed by atoms with Gasteiger partial charge in [0.05, 0.1) is 24.8 Å². The molecule has 0 aliphatic rings. The average Bonchev–Trinajstić information content (AvgIpc) is 2.58. The van der Waals surface area contributed by atoms with Crippen molar-refractivity contribution in [2.75, 3.05) is 6.61 Å². The lowest BCUT2D eigenvalue weighted by Gasteiger charge is -2.10. The highest BCUT2D eigenvalue weighted by Crippen LogP contribution is 2.08. The Morgan fingerprint density at radius 3 is 2.83 bits per heavy atom. The van der Waals surface area contributed by atoms with Crippen molar-refractivity contribution in [1.29, 1.82) is 5.26 Å². The molecule has 0 saturated carbocycles. The summed E-state index contributed by atoms with van der Waals surface area (Å²) in [6, 6.07) is 12.9. The highest BCUT2D eigenvalue weighted by atomic mass is 16.5. The van der Waals surface area contributed by atoms with Crippen molar-refractivity contribution in [3.05, 3.63) is 64.1 Å². The first kappa shape index (κ1) is 16.8. The van der Waals surface area contributed by atoms with E-state index >= 15 is 0 Å². The van der Waals surface area contributed by atoms with Crippen molar-refractivity contribution >= 4 is 0 Å². The lowest BCUT2D eigenvalue weighted by atomic mass is 10.1. The van der Waals surface area contributed by atoms with Crippen molar-refractivity contribution in [3.63, 3.8) is 0 Å². The van der Waals surface area contributed by atoms with Crippen LogP contribution in [0.5, 0.6) is 5.75 Å². The number of unbranched alkanes of at least 4 members (excludes halogenated alkanes) is 3. The van der Waals surface area contributed by atoms with Gasteiger partial charge in [0.25, 0.3) is 5.56 Å². The second-order valence-corrected chi connectivity index (χ2v) is 5.53. The molecule has 0 amide bonds. The smallest absolute Gasteiger partial charge is 0.293 e. The fourth-order valence-electron chi connectivity index (χ4n) is 2.40. The predicted molar refractivity (Wildman–Crippen MR) is 90.6 cm³/mol. The van der Waals surface area contributed by atoms with E-state index in [1.165, 1.54) is 12.8 Å². The van der Waals surface area contributed by atoms with Crippen molar-refractivity contribution < 1.29 is 4.74 Å². The first-order valence-corrected chi connectivity index (χ1v) is 8.06. The van der Waals surface area contributed by atoms with Crippen molar-refractivity contribution in [2.24, 2.45) is 0 Å². The Hall–Kier alpha value is -2.54. The van der Waals surface area contributed by atoms with Gasteiger partial charge >= 0.3 is 0 Å². The maximum absolute atomic E-state index is 12.4. The van der Waals surface area contributed by atoms with Gasteiger partial charge in [0, 0.05) is 6.20 Å². The molecule has 4 heteroatoms. The molecule has 0 spiro atoms. The van der Waals surface area contributed by atoms with E-state index in [0.29, 0.717) is 24.5 Å². The van der Waals surface area contributed by atoms with E-state index in [1.807, 2.05) is 18.2 Å². The largest absolute Gasteiger partial charge is 0.488 e. The number of nitrogens with zero attached hydrogens (tertiary/aromatic N) is 2. The molecule has 2 aromatic rings. The third kappa shape index (κ3) is 5.00. The summed E-state index contributed by atoms with van der Waals surface area (Å²) in [5.41, 5.74) is 1.38. The van der Waals surface area contributed by atoms with Crippen molar-refractivity contribution in [3.8, 4) is 11.8 Å². The molecule has 2 rings (SSSR count).